The Morgan fingerprint density at radius 3 is 3.00 bits per heavy atom. The van der Waals surface area contributed by atoms with Gasteiger partial charge in [0.05, 0.1) is 15.3 Å². The molecule has 90 valence electrons. The van der Waals surface area contributed by atoms with Crippen LogP contribution in [0.25, 0.3) is 11.0 Å². The van der Waals surface area contributed by atoms with Crippen LogP contribution in [0.3, 0.4) is 0 Å². The zero-order valence-electron chi connectivity index (χ0n) is 9.34. The zero-order valence-corrected chi connectivity index (χ0v) is 11.5. The van der Waals surface area contributed by atoms with Crippen LogP contribution in [0.5, 0.6) is 0 Å². The zero-order chi connectivity index (χ0) is 12.5. The van der Waals surface area contributed by atoms with Crippen molar-refractivity contribution in [3.63, 3.8) is 0 Å². The van der Waals surface area contributed by atoms with Crippen molar-refractivity contribution < 1.29 is 9.21 Å². The summed E-state index contributed by atoms with van der Waals surface area (Å²) in [5, 5.41) is 4.95. The number of Topliss-reactive ketones (excluding diaryl/α,β-unsaturated/α-hetero) is 1. The normalized spacial score (nSPS) is 10.9. The average molecular weight is 352 g/mol. The minimum atomic E-state index is -0.000509. The molecule has 2 aromatic heterocycles. The van der Waals surface area contributed by atoms with Gasteiger partial charge in [0.15, 0.2) is 5.78 Å². The summed E-state index contributed by atoms with van der Waals surface area (Å²) >= 11 is 2.16. The molecule has 3 aromatic rings. The van der Waals surface area contributed by atoms with E-state index in [0.29, 0.717) is 5.56 Å². The number of para-hydroxylation sites is 1. The topological polar surface area (TPSA) is 48.0 Å². The van der Waals surface area contributed by atoms with E-state index in [-0.39, 0.29) is 12.3 Å². The van der Waals surface area contributed by atoms with E-state index in [9.17, 15) is 4.79 Å². The molecule has 3 rings (SSSR count). The number of hydrogen-bond donors (Lipinski definition) is 0. The molecule has 0 saturated carbocycles. The lowest BCUT2D eigenvalue weighted by Gasteiger charge is -1.99. The van der Waals surface area contributed by atoms with Gasteiger partial charge < -0.3 is 4.42 Å². The van der Waals surface area contributed by atoms with Crippen molar-refractivity contribution in [1.82, 2.24) is 9.78 Å². The molecule has 0 unspecified atom stereocenters. The molecule has 0 saturated heterocycles. The molecule has 18 heavy (non-hydrogen) atoms. The monoisotopic (exact) mass is 352 g/mol. The van der Waals surface area contributed by atoms with E-state index in [1.807, 2.05) is 30.5 Å². The third-order valence-electron chi connectivity index (χ3n) is 2.69. The number of benzene rings is 1. The molecular formula is C13H9IN2O2. The summed E-state index contributed by atoms with van der Waals surface area (Å²) in [6, 6.07) is 7.52. The molecule has 0 aliphatic rings. The summed E-state index contributed by atoms with van der Waals surface area (Å²) in [5.74, 6) is -0.000509. The van der Waals surface area contributed by atoms with Crippen LogP contribution in [-0.4, -0.2) is 15.6 Å². The quantitative estimate of drug-likeness (QED) is 0.538. The first-order valence-corrected chi connectivity index (χ1v) is 6.49. The molecule has 0 fully saturated rings. The van der Waals surface area contributed by atoms with Gasteiger partial charge in [-0.25, -0.2) is 0 Å². The van der Waals surface area contributed by atoms with Crippen LogP contribution in [0.1, 0.15) is 10.4 Å². The molecule has 0 bridgehead atoms. The Labute approximate surface area is 117 Å². The highest BCUT2D eigenvalue weighted by Crippen LogP contribution is 2.21. The lowest BCUT2D eigenvalue weighted by Crippen LogP contribution is -2.10. The van der Waals surface area contributed by atoms with Gasteiger partial charge in [0.1, 0.15) is 18.4 Å². The molecule has 0 spiro atoms. The maximum absolute atomic E-state index is 12.2. The van der Waals surface area contributed by atoms with Crippen molar-refractivity contribution in [3.8, 4) is 0 Å². The van der Waals surface area contributed by atoms with Crippen LogP contribution in [-0.2, 0) is 6.54 Å². The number of carbonyl (C=O) groups is 1. The number of fused-ring (bicyclic) bond motifs is 1. The molecule has 0 aliphatic heterocycles. The van der Waals surface area contributed by atoms with Crippen molar-refractivity contribution in [2.24, 2.45) is 0 Å². The Bertz CT molecular complexity index is 714. The minimum absolute atomic E-state index is 0.000509. The third-order valence-corrected chi connectivity index (χ3v) is 3.25. The largest absolute Gasteiger partial charge is 0.464 e. The van der Waals surface area contributed by atoms with Crippen LogP contribution in [0.4, 0.5) is 0 Å². The minimum Gasteiger partial charge on any atom is -0.464 e. The van der Waals surface area contributed by atoms with Crippen molar-refractivity contribution in [2.45, 2.75) is 6.54 Å². The summed E-state index contributed by atoms with van der Waals surface area (Å²) in [5.41, 5.74) is 1.34. The van der Waals surface area contributed by atoms with Crippen LogP contribution in [0.2, 0.25) is 0 Å². The van der Waals surface area contributed by atoms with Gasteiger partial charge in [-0.05, 0) is 28.7 Å². The van der Waals surface area contributed by atoms with Crippen molar-refractivity contribution in [1.29, 1.82) is 0 Å². The predicted molar refractivity (Wildman–Crippen MR) is 75.5 cm³/mol. The van der Waals surface area contributed by atoms with Gasteiger partial charge in [-0.1, -0.05) is 18.2 Å². The highest BCUT2D eigenvalue weighted by molar-refractivity contribution is 14.1. The fourth-order valence-corrected chi connectivity index (χ4v) is 2.30. The molecule has 0 aliphatic carbocycles. The second-order valence-corrected chi connectivity index (χ2v) is 5.17. The van der Waals surface area contributed by atoms with E-state index >= 15 is 0 Å². The smallest absolute Gasteiger partial charge is 0.188 e. The maximum atomic E-state index is 12.2. The first-order valence-electron chi connectivity index (χ1n) is 5.41. The fraction of sp³-hybridized carbons (Fsp3) is 0.0769. The van der Waals surface area contributed by atoms with Gasteiger partial charge in [-0.15, -0.1) is 0 Å². The number of furan rings is 1. The number of hydrogen-bond acceptors (Lipinski definition) is 3. The van der Waals surface area contributed by atoms with E-state index in [1.54, 1.807) is 10.9 Å². The number of carbonyl (C=O) groups excluding carboxylic acids is 1. The standard InChI is InChI=1S/C13H9IN2O2/c14-9-5-15-16(6-9)7-12(17)11-8-18-13-4-2-1-3-10(11)13/h1-6,8H,7H2. The molecule has 1 aromatic carbocycles. The number of rotatable bonds is 3. The Morgan fingerprint density at radius 1 is 1.39 bits per heavy atom. The summed E-state index contributed by atoms with van der Waals surface area (Å²) in [4.78, 5) is 12.2. The van der Waals surface area contributed by atoms with Gasteiger partial charge in [0.2, 0.25) is 0 Å². The summed E-state index contributed by atoms with van der Waals surface area (Å²) < 4.78 is 8.00. The van der Waals surface area contributed by atoms with E-state index in [4.69, 9.17) is 4.42 Å². The summed E-state index contributed by atoms with van der Waals surface area (Å²) in [7, 11) is 0. The Balaban J connectivity index is 1.92. The lowest BCUT2D eigenvalue weighted by molar-refractivity contribution is 0.0968. The molecular weight excluding hydrogens is 343 g/mol. The third kappa shape index (κ3) is 2.05. The Kier molecular flexibility index (Phi) is 2.91. The van der Waals surface area contributed by atoms with E-state index in [0.717, 1.165) is 14.5 Å². The van der Waals surface area contributed by atoms with Crippen LogP contribution in [0, 0.1) is 3.57 Å². The van der Waals surface area contributed by atoms with Gasteiger partial charge in [0.25, 0.3) is 0 Å². The highest BCUT2D eigenvalue weighted by Gasteiger charge is 2.14. The van der Waals surface area contributed by atoms with Gasteiger partial charge >= 0.3 is 0 Å². The molecule has 0 atom stereocenters. The van der Waals surface area contributed by atoms with Crippen LogP contribution >= 0.6 is 22.6 Å². The molecule has 2 heterocycles. The number of halogens is 1. The Morgan fingerprint density at radius 2 is 2.22 bits per heavy atom. The van der Waals surface area contributed by atoms with E-state index < -0.39 is 0 Å². The first-order chi connectivity index (χ1) is 8.74. The van der Waals surface area contributed by atoms with Crippen molar-refractivity contribution in [2.75, 3.05) is 0 Å². The summed E-state index contributed by atoms with van der Waals surface area (Å²) in [6.45, 7) is 0.229. The molecule has 0 N–H and O–H groups in total. The second-order valence-electron chi connectivity index (χ2n) is 3.92. The fourth-order valence-electron chi connectivity index (χ4n) is 1.85. The van der Waals surface area contributed by atoms with Crippen LogP contribution in [0.15, 0.2) is 47.3 Å². The van der Waals surface area contributed by atoms with Crippen molar-refractivity contribution in [3.05, 3.63) is 52.1 Å². The van der Waals surface area contributed by atoms with Gasteiger partial charge in [-0.3, -0.25) is 9.48 Å². The van der Waals surface area contributed by atoms with E-state index in [2.05, 4.69) is 27.7 Å². The van der Waals surface area contributed by atoms with E-state index in [1.165, 1.54) is 6.26 Å². The molecule has 4 nitrogen and oxygen atoms in total. The van der Waals surface area contributed by atoms with Crippen molar-refractivity contribution >= 4 is 39.3 Å². The SMILES string of the molecule is O=C(Cn1cc(I)cn1)c1coc2ccccc12. The molecule has 0 radical (unpaired) electrons. The van der Waals surface area contributed by atoms with Crippen LogP contribution < -0.4 is 0 Å². The molecule has 5 heteroatoms. The summed E-state index contributed by atoms with van der Waals surface area (Å²) in [6.07, 6.45) is 5.07. The van der Waals surface area contributed by atoms with Gasteiger partial charge in [-0.2, -0.15) is 5.10 Å². The highest BCUT2D eigenvalue weighted by atomic mass is 127. The Hall–Kier alpha value is -1.63. The predicted octanol–water partition coefficient (Wildman–Crippen LogP) is 3.12. The average Bonchev–Trinajstić information content (AvgIpc) is 2.95. The second kappa shape index (κ2) is 4.56. The lowest BCUT2D eigenvalue weighted by atomic mass is 10.1. The molecule has 0 amide bonds. The number of ketones is 1. The van der Waals surface area contributed by atoms with Gasteiger partial charge in [0, 0.05) is 11.6 Å². The first kappa shape index (κ1) is 11.5. The number of nitrogens with zero attached hydrogens (tertiary/aromatic N) is 2. The number of aromatic nitrogens is 2. The maximum Gasteiger partial charge on any atom is 0.188 e.